The number of allylic oxidation sites excluding steroid dienone is 2. The van der Waals surface area contributed by atoms with E-state index in [0.29, 0.717) is 17.4 Å². The molecule has 4 nitrogen and oxygen atoms in total. The fraction of sp³-hybridized carbons (Fsp3) is 0.381. The number of likely N-dealkylation sites (N-methyl/N-ethyl adjacent to an activating group) is 1. The van der Waals surface area contributed by atoms with Crippen molar-refractivity contribution in [2.75, 3.05) is 33.2 Å². The molecule has 1 aromatic rings. The third kappa shape index (κ3) is 2.67. The summed E-state index contributed by atoms with van der Waals surface area (Å²) in [6.45, 7) is 4.03. The second kappa shape index (κ2) is 6.09. The Morgan fingerprint density at radius 2 is 1.73 bits per heavy atom. The van der Waals surface area contributed by atoms with Gasteiger partial charge in [0.1, 0.15) is 5.82 Å². The van der Waals surface area contributed by atoms with Crippen molar-refractivity contribution in [3.63, 3.8) is 0 Å². The van der Waals surface area contributed by atoms with Gasteiger partial charge < -0.3 is 14.7 Å². The lowest BCUT2D eigenvalue weighted by molar-refractivity contribution is 0.214. The van der Waals surface area contributed by atoms with Crippen molar-refractivity contribution < 1.29 is 4.39 Å². The summed E-state index contributed by atoms with van der Waals surface area (Å²) in [5.74, 6) is 1.90. The molecule has 0 radical (unpaired) electrons. The maximum atomic E-state index is 14.5. The first kappa shape index (κ1) is 15.8. The summed E-state index contributed by atoms with van der Waals surface area (Å²) in [6.07, 6.45) is 9.54. The van der Waals surface area contributed by atoms with E-state index in [0.717, 1.165) is 49.8 Å². The van der Waals surface area contributed by atoms with E-state index in [1.165, 1.54) is 6.07 Å². The Balaban J connectivity index is 1.53. The Hall–Kier alpha value is -2.40. The first-order chi connectivity index (χ1) is 12.7. The van der Waals surface area contributed by atoms with Gasteiger partial charge in [-0.2, -0.15) is 0 Å². The highest BCUT2D eigenvalue weighted by Crippen LogP contribution is 2.47. The highest BCUT2D eigenvalue weighted by Gasteiger charge is 2.40. The highest BCUT2D eigenvalue weighted by atomic mass is 19.1. The predicted octanol–water partition coefficient (Wildman–Crippen LogP) is 3.13. The van der Waals surface area contributed by atoms with Crippen LogP contribution >= 0.6 is 0 Å². The molecule has 0 N–H and O–H groups in total. The molecule has 5 rings (SSSR count). The Morgan fingerprint density at radius 3 is 2.50 bits per heavy atom. The third-order valence-electron chi connectivity index (χ3n) is 5.75. The molecular formula is C21H23FN4. The zero-order valence-electron chi connectivity index (χ0n) is 15.0. The molecular weight excluding hydrogens is 327 g/mol. The fourth-order valence-electron chi connectivity index (χ4n) is 4.04. The van der Waals surface area contributed by atoms with Gasteiger partial charge in [-0.15, -0.1) is 0 Å². The summed E-state index contributed by atoms with van der Waals surface area (Å²) >= 11 is 0. The van der Waals surface area contributed by atoms with E-state index in [2.05, 4.69) is 33.9 Å². The van der Waals surface area contributed by atoms with Gasteiger partial charge in [-0.1, -0.05) is 24.3 Å². The zero-order chi connectivity index (χ0) is 17.7. The number of halogens is 1. The summed E-state index contributed by atoms with van der Waals surface area (Å²) in [6, 6.07) is 7.06. The van der Waals surface area contributed by atoms with E-state index in [1.54, 1.807) is 6.07 Å². The van der Waals surface area contributed by atoms with Crippen molar-refractivity contribution in [2.24, 2.45) is 16.8 Å². The van der Waals surface area contributed by atoms with E-state index >= 15 is 0 Å². The Morgan fingerprint density at radius 1 is 1.00 bits per heavy atom. The number of hydrogen-bond acceptors (Lipinski definition) is 4. The van der Waals surface area contributed by atoms with Crippen LogP contribution < -0.4 is 0 Å². The lowest BCUT2D eigenvalue weighted by Gasteiger charge is -2.38. The number of rotatable bonds is 1. The molecule has 0 bridgehead atoms. The van der Waals surface area contributed by atoms with Crippen molar-refractivity contribution in [1.82, 2.24) is 14.7 Å². The van der Waals surface area contributed by atoms with Crippen molar-refractivity contribution in [3.8, 4) is 0 Å². The fourth-order valence-corrected chi connectivity index (χ4v) is 4.04. The monoisotopic (exact) mass is 350 g/mol. The van der Waals surface area contributed by atoms with Crippen LogP contribution in [0.15, 0.2) is 59.5 Å². The van der Waals surface area contributed by atoms with Crippen LogP contribution in [-0.2, 0) is 0 Å². The first-order valence-electron chi connectivity index (χ1n) is 9.37. The Labute approximate surface area is 153 Å². The number of nitrogens with zero attached hydrogens (tertiary/aromatic N) is 4. The molecule has 0 amide bonds. The number of benzene rings is 1. The van der Waals surface area contributed by atoms with Gasteiger partial charge in [0.15, 0.2) is 5.84 Å². The van der Waals surface area contributed by atoms with E-state index in [1.807, 2.05) is 24.5 Å². The van der Waals surface area contributed by atoms with Gasteiger partial charge in [-0.25, -0.2) is 9.38 Å². The van der Waals surface area contributed by atoms with Gasteiger partial charge in [0.25, 0.3) is 0 Å². The first-order valence-corrected chi connectivity index (χ1v) is 9.37. The van der Waals surface area contributed by atoms with Crippen LogP contribution in [0.2, 0.25) is 0 Å². The number of fused-ring (bicyclic) bond motifs is 2. The maximum Gasteiger partial charge on any atom is 0.152 e. The second-order valence-electron chi connectivity index (χ2n) is 7.56. The normalized spacial score (nSPS) is 27.8. The van der Waals surface area contributed by atoms with Gasteiger partial charge in [0.05, 0.1) is 11.4 Å². The van der Waals surface area contributed by atoms with Crippen LogP contribution in [-0.4, -0.2) is 53.8 Å². The minimum atomic E-state index is -0.172. The van der Waals surface area contributed by atoms with Crippen LogP contribution in [0.4, 0.5) is 4.39 Å². The zero-order valence-corrected chi connectivity index (χ0v) is 15.0. The van der Waals surface area contributed by atoms with Crippen LogP contribution in [0.1, 0.15) is 12.0 Å². The largest absolute Gasteiger partial charge is 0.352 e. The van der Waals surface area contributed by atoms with E-state index in [4.69, 9.17) is 4.99 Å². The summed E-state index contributed by atoms with van der Waals surface area (Å²) < 4.78 is 14.5. The number of aliphatic imine (C=N–C) groups is 1. The quantitative estimate of drug-likeness (QED) is 0.777. The standard InChI is InChI=1S/C21H23FN4/c1-24-8-10-25(11-9-24)21-20-14-16-12-15(16)13-19(26(20)7-6-23-21)17-4-2-3-5-18(17)22/h2-7,13-16H,8-12H2,1H3. The van der Waals surface area contributed by atoms with Gasteiger partial charge in [-0.05, 0) is 37.4 Å². The van der Waals surface area contributed by atoms with Crippen LogP contribution in [0.3, 0.4) is 0 Å². The van der Waals surface area contributed by atoms with Crippen molar-refractivity contribution in [1.29, 1.82) is 0 Å². The van der Waals surface area contributed by atoms with E-state index in [9.17, 15) is 4.39 Å². The minimum absolute atomic E-state index is 0.172. The van der Waals surface area contributed by atoms with Gasteiger partial charge in [-0.3, -0.25) is 0 Å². The Bertz CT molecular complexity index is 845. The summed E-state index contributed by atoms with van der Waals surface area (Å²) in [5.41, 5.74) is 2.71. The molecule has 1 saturated carbocycles. The average Bonchev–Trinajstić information content (AvgIpc) is 3.40. The van der Waals surface area contributed by atoms with Crippen LogP contribution in [0.25, 0.3) is 5.70 Å². The van der Waals surface area contributed by atoms with E-state index < -0.39 is 0 Å². The predicted molar refractivity (Wildman–Crippen MR) is 102 cm³/mol. The molecule has 1 aromatic carbocycles. The molecule has 5 heteroatoms. The SMILES string of the molecule is CN1CCN(C2=NC=CN3C2=CC2CC2C=C3c2ccccc2F)CC1. The lowest BCUT2D eigenvalue weighted by Crippen LogP contribution is -2.49. The van der Waals surface area contributed by atoms with Crippen LogP contribution in [0.5, 0.6) is 0 Å². The smallest absolute Gasteiger partial charge is 0.152 e. The molecule has 0 spiro atoms. The summed E-state index contributed by atoms with van der Waals surface area (Å²) in [7, 11) is 2.16. The van der Waals surface area contributed by atoms with Crippen molar-refractivity contribution in [3.05, 3.63) is 65.9 Å². The van der Waals surface area contributed by atoms with Gasteiger partial charge in [0.2, 0.25) is 0 Å². The minimum Gasteiger partial charge on any atom is -0.352 e. The number of piperazine rings is 1. The molecule has 26 heavy (non-hydrogen) atoms. The summed E-state index contributed by atoms with van der Waals surface area (Å²) in [4.78, 5) is 11.6. The number of hydrogen-bond donors (Lipinski definition) is 0. The van der Waals surface area contributed by atoms with Crippen molar-refractivity contribution in [2.45, 2.75) is 6.42 Å². The van der Waals surface area contributed by atoms with Gasteiger partial charge in [0, 0.05) is 44.1 Å². The molecule has 3 aliphatic heterocycles. The molecule has 1 saturated heterocycles. The molecule has 2 atom stereocenters. The molecule has 3 heterocycles. The molecule has 1 aliphatic carbocycles. The van der Waals surface area contributed by atoms with E-state index in [-0.39, 0.29) is 5.82 Å². The maximum absolute atomic E-state index is 14.5. The van der Waals surface area contributed by atoms with Crippen molar-refractivity contribution >= 4 is 11.5 Å². The average molecular weight is 350 g/mol. The third-order valence-corrected chi connectivity index (χ3v) is 5.75. The Kier molecular flexibility index (Phi) is 3.71. The van der Waals surface area contributed by atoms with Crippen LogP contribution in [0, 0.1) is 17.7 Å². The molecule has 0 aromatic heterocycles. The second-order valence-corrected chi connectivity index (χ2v) is 7.56. The lowest BCUT2D eigenvalue weighted by atomic mass is 10.1. The number of amidine groups is 1. The molecule has 4 aliphatic rings. The molecule has 2 fully saturated rings. The molecule has 134 valence electrons. The van der Waals surface area contributed by atoms with Gasteiger partial charge >= 0.3 is 0 Å². The topological polar surface area (TPSA) is 22.1 Å². The summed E-state index contributed by atoms with van der Waals surface area (Å²) in [5, 5.41) is 0. The molecule has 2 unspecified atom stereocenters. The highest BCUT2D eigenvalue weighted by molar-refractivity contribution is 6.01.